The number of carbonyl (C=O) groups is 1. The van der Waals surface area contributed by atoms with Crippen molar-refractivity contribution in [2.45, 2.75) is 52.6 Å². The van der Waals surface area contributed by atoms with Gasteiger partial charge in [0.15, 0.2) is 6.10 Å². The van der Waals surface area contributed by atoms with Crippen LogP contribution >= 0.6 is 23.2 Å². The molecule has 0 saturated heterocycles. The molecule has 0 amide bonds. The van der Waals surface area contributed by atoms with E-state index in [0.29, 0.717) is 28.3 Å². The van der Waals surface area contributed by atoms with E-state index in [1.165, 1.54) is 0 Å². The third kappa shape index (κ3) is 6.45. The van der Waals surface area contributed by atoms with Gasteiger partial charge in [-0.1, -0.05) is 56.3 Å². The molecule has 0 aliphatic rings. The zero-order chi connectivity index (χ0) is 16.5. The lowest BCUT2D eigenvalue weighted by molar-refractivity contribution is -0.152. The van der Waals surface area contributed by atoms with Crippen LogP contribution in [-0.2, 0) is 9.53 Å². The van der Waals surface area contributed by atoms with Crippen LogP contribution in [0.2, 0.25) is 10.0 Å². The van der Waals surface area contributed by atoms with E-state index in [-0.39, 0.29) is 5.97 Å². The minimum absolute atomic E-state index is 0.360. The number of unbranched alkanes of at least 4 members (excludes halogenated alkanes) is 1. The summed E-state index contributed by atoms with van der Waals surface area (Å²) in [6, 6.07) is 4.90. The zero-order valence-corrected chi connectivity index (χ0v) is 14.9. The fourth-order valence-corrected chi connectivity index (χ4v) is 2.31. The summed E-state index contributed by atoms with van der Waals surface area (Å²) in [5.74, 6) is 0.555. The van der Waals surface area contributed by atoms with Crippen LogP contribution in [0.5, 0.6) is 5.75 Å². The van der Waals surface area contributed by atoms with Crippen molar-refractivity contribution >= 4 is 29.2 Å². The topological polar surface area (TPSA) is 35.5 Å². The van der Waals surface area contributed by atoms with Gasteiger partial charge in [0.1, 0.15) is 5.75 Å². The van der Waals surface area contributed by atoms with Crippen molar-refractivity contribution in [1.29, 1.82) is 0 Å². The number of hydrogen-bond acceptors (Lipinski definition) is 3. The molecule has 0 heterocycles. The molecule has 5 heteroatoms. The molecule has 2 atom stereocenters. The smallest absolute Gasteiger partial charge is 0.347 e. The minimum Gasteiger partial charge on any atom is -0.479 e. The number of ether oxygens (including phenoxy) is 2. The van der Waals surface area contributed by atoms with E-state index < -0.39 is 6.10 Å². The molecule has 0 aliphatic carbocycles. The fourth-order valence-electron chi connectivity index (χ4n) is 2.02. The second-order valence-electron chi connectivity index (χ2n) is 5.38. The monoisotopic (exact) mass is 346 g/mol. The molecule has 1 aromatic rings. The lowest BCUT2D eigenvalue weighted by Gasteiger charge is -2.18. The van der Waals surface area contributed by atoms with Crippen molar-refractivity contribution in [3.05, 3.63) is 28.2 Å². The summed E-state index contributed by atoms with van der Waals surface area (Å²) in [7, 11) is 0. The van der Waals surface area contributed by atoms with Crippen LogP contribution in [0, 0.1) is 5.92 Å². The largest absolute Gasteiger partial charge is 0.479 e. The molecule has 2 unspecified atom stereocenters. The summed E-state index contributed by atoms with van der Waals surface area (Å²) in [6.07, 6.45) is 3.73. The van der Waals surface area contributed by atoms with Crippen molar-refractivity contribution in [2.24, 2.45) is 5.92 Å². The Morgan fingerprint density at radius 3 is 2.55 bits per heavy atom. The van der Waals surface area contributed by atoms with Gasteiger partial charge in [-0.05, 0) is 31.4 Å². The van der Waals surface area contributed by atoms with E-state index >= 15 is 0 Å². The van der Waals surface area contributed by atoms with Gasteiger partial charge in [-0.25, -0.2) is 4.79 Å². The van der Waals surface area contributed by atoms with E-state index in [4.69, 9.17) is 32.7 Å². The van der Waals surface area contributed by atoms with Gasteiger partial charge >= 0.3 is 5.97 Å². The van der Waals surface area contributed by atoms with Gasteiger partial charge in [0.25, 0.3) is 0 Å². The molecule has 0 fully saturated rings. The summed E-state index contributed by atoms with van der Waals surface area (Å²) in [5.41, 5.74) is 0. The number of carbonyl (C=O) groups excluding carboxylic acids is 1. The SMILES string of the molecule is CCCCC(CC)COC(=O)C(C)Oc1ccc(Cl)c(Cl)c1. The van der Waals surface area contributed by atoms with Crippen LogP contribution < -0.4 is 4.74 Å². The third-order valence-corrected chi connectivity index (χ3v) is 4.28. The molecule has 22 heavy (non-hydrogen) atoms. The number of benzene rings is 1. The van der Waals surface area contributed by atoms with Crippen LogP contribution in [0.25, 0.3) is 0 Å². The molecule has 1 aromatic carbocycles. The van der Waals surface area contributed by atoms with Gasteiger partial charge in [-0.2, -0.15) is 0 Å². The molecule has 0 aromatic heterocycles. The van der Waals surface area contributed by atoms with E-state index in [1.807, 2.05) is 0 Å². The molecule has 0 N–H and O–H groups in total. The van der Waals surface area contributed by atoms with Gasteiger partial charge in [-0.15, -0.1) is 0 Å². The molecule has 0 saturated carbocycles. The Bertz CT molecular complexity index is 477. The van der Waals surface area contributed by atoms with Crippen LogP contribution in [0.4, 0.5) is 0 Å². The lowest BCUT2D eigenvalue weighted by Crippen LogP contribution is -2.28. The van der Waals surface area contributed by atoms with Gasteiger partial charge < -0.3 is 9.47 Å². The van der Waals surface area contributed by atoms with Crippen molar-refractivity contribution < 1.29 is 14.3 Å². The first-order valence-corrected chi connectivity index (χ1v) is 8.51. The molecule has 3 nitrogen and oxygen atoms in total. The Kier molecular flexibility index (Phi) is 8.66. The predicted molar refractivity (Wildman–Crippen MR) is 90.8 cm³/mol. The number of rotatable bonds is 9. The normalized spacial score (nSPS) is 13.5. The maximum Gasteiger partial charge on any atom is 0.347 e. The van der Waals surface area contributed by atoms with E-state index in [1.54, 1.807) is 25.1 Å². The lowest BCUT2D eigenvalue weighted by atomic mass is 10.0. The van der Waals surface area contributed by atoms with Crippen LogP contribution in [0.1, 0.15) is 46.5 Å². The van der Waals surface area contributed by atoms with Crippen LogP contribution in [0.3, 0.4) is 0 Å². The molecule has 0 spiro atoms. The first kappa shape index (κ1) is 19.1. The van der Waals surface area contributed by atoms with E-state index in [0.717, 1.165) is 25.7 Å². The summed E-state index contributed by atoms with van der Waals surface area (Å²) < 4.78 is 10.9. The predicted octanol–water partition coefficient (Wildman–Crippen LogP) is 5.52. The zero-order valence-electron chi connectivity index (χ0n) is 13.4. The Labute approximate surface area is 142 Å². The average Bonchev–Trinajstić information content (AvgIpc) is 2.50. The molecular formula is C17H24Cl2O3. The Morgan fingerprint density at radius 1 is 1.23 bits per heavy atom. The maximum atomic E-state index is 12.0. The summed E-state index contributed by atoms with van der Waals surface area (Å²) in [4.78, 5) is 12.0. The molecule has 0 aliphatic heterocycles. The quantitative estimate of drug-likeness (QED) is 0.552. The van der Waals surface area contributed by atoms with Gasteiger partial charge in [-0.3, -0.25) is 0 Å². The fraction of sp³-hybridized carbons (Fsp3) is 0.588. The Morgan fingerprint density at radius 2 is 1.95 bits per heavy atom. The van der Waals surface area contributed by atoms with E-state index in [9.17, 15) is 4.79 Å². The van der Waals surface area contributed by atoms with Gasteiger partial charge in [0.05, 0.1) is 16.7 Å². The molecule has 124 valence electrons. The number of halogens is 2. The minimum atomic E-state index is -0.680. The van der Waals surface area contributed by atoms with E-state index in [2.05, 4.69) is 13.8 Å². The standard InChI is InChI=1S/C17H24Cl2O3/c1-4-6-7-13(5-2)11-21-17(20)12(3)22-14-8-9-15(18)16(19)10-14/h8-10,12-13H,4-7,11H2,1-3H3. The summed E-state index contributed by atoms with van der Waals surface area (Å²) in [6.45, 7) is 6.39. The second-order valence-corrected chi connectivity index (χ2v) is 6.20. The van der Waals surface area contributed by atoms with Crippen LogP contribution in [0.15, 0.2) is 18.2 Å². The first-order valence-electron chi connectivity index (χ1n) is 7.76. The van der Waals surface area contributed by atoms with Gasteiger partial charge in [0.2, 0.25) is 0 Å². The van der Waals surface area contributed by atoms with Crippen molar-refractivity contribution in [3.8, 4) is 5.75 Å². The van der Waals surface area contributed by atoms with Crippen LogP contribution in [-0.4, -0.2) is 18.7 Å². The highest BCUT2D eigenvalue weighted by Crippen LogP contribution is 2.27. The Balaban J connectivity index is 2.45. The van der Waals surface area contributed by atoms with Crippen molar-refractivity contribution in [2.75, 3.05) is 6.61 Å². The van der Waals surface area contributed by atoms with Gasteiger partial charge in [0, 0.05) is 6.07 Å². The van der Waals surface area contributed by atoms with Crippen molar-refractivity contribution in [3.63, 3.8) is 0 Å². The highest BCUT2D eigenvalue weighted by atomic mass is 35.5. The van der Waals surface area contributed by atoms with Crippen molar-refractivity contribution in [1.82, 2.24) is 0 Å². The second kappa shape index (κ2) is 9.96. The molecular weight excluding hydrogens is 323 g/mol. The molecule has 1 rings (SSSR count). The first-order chi connectivity index (χ1) is 10.5. The highest BCUT2D eigenvalue weighted by molar-refractivity contribution is 6.42. The summed E-state index contributed by atoms with van der Waals surface area (Å²) in [5, 5.41) is 0.844. The number of hydrogen-bond donors (Lipinski definition) is 0. The molecule has 0 radical (unpaired) electrons. The maximum absolute atomic E-state index is 12.0. The third-order valence-electron chi connectivity index (χ3n) is 3.54. The average molecular weight is 347 g/mol. The molecule has 0 bridgehead atoms. The summed E-state index contributed by atoms with van der Waals surface area (Å²) >= 11 is 11.8. The Hall–Kier alpha value is -0.930. The number of esters is 1. The highest BCUT2D eigenvalue weighted by Gasteiger charge is 2.18.